The van der Waals surface area contributed by atoms with Gasteiger partial charge in [-0.2, -0.15) is 5.10 Å². The van der Waals surface area contributed by atoms with Crippen molar-refractivity contribution in [3.05, 3.63) is 55.2 Å². The molecule has 0 bridgehead atoms. The van der Waals surface area contributed by atoms with Crippen LogP contribution in [0.2, 0.25) is 0 Å². The zero-order valence-electron chi connectivity index (χ0n) is 14.5. The minimum atomic E-state index is 0.501. The van der Waals surface area contributed by atoms with E-state index in [0.29, 0.717) is 12.6 Å². The van der Waals surface area contributed by atoms with Crippen LogP contribution in [0.25, 0.3) is 22.0 Å². The predicted octanol–water partition coefficient (Wildman–Crippen LogP) is 3.57. The number of aromatic nitrogens is 5. The van der Waals surface area contributed by atoms with Crippen LogP contribution >= 0.6 is 0 Å². The predicted molar refractivity (Wildman–Crippen MR) is 100 cm³/mol. The lowest BCUT2D eigenvalue weighted by Crippen LogP contribution is -2.01. The van der Waals surface area contributed by atoms with Crippen LogP contribution in [0.5, 0.6) is 5.75 Å². The molecule has 0 amide bonds. The molecule has 0 saturated heterocycles. The first-order valence-corrected chi connectivity index (χ1v) is 8.32. The molecule has 0 unspecified atom stereocenters. The Hall–Kier alpha value is -3.48. The Morgan fingerprint density at radius 2 is 2.04 bits per heavy atom. The standard InChI is InChI=1S/C19H18N6O/c1-3-26-18-8-13(15-10-22-25(2)12-15)4-5-16(18)23-19-21-9-14-6-7-20-11-17(14)24-19/h4-12H,3H2,1-2H3,(H,21,23,24). The number of nitrogens with one attached hydrogen (secondary N) is 1. The van der Waals surface area contributed by atoms with Gasteiger partial charge in [0.2, 0.25) is 5.95 Å². The molecule has 0 saturated carbocycles. The van der Waals surface area contributed by atoms with Crippen molar-refractivity contribution in [2.75, 3.05) is 11.9 Å². The number of hydrogen-bond donors (Lipinski definition) is 1. The lowest BCUT2D eigenvalue weighted by Gasteiger charge is -2.13. The van der Waals surface area contributed by atoms with E-state index < -0.39 is 0 Å². The third-order valence-electron chi connectivity index (χ3n) is 3.95. The minimum absolute atomic E-state index is 0.501. The Morgan fingerprint density at radius 3 is 2.85 bits per heavy atom. The molecule has 0 spiro atoms. The summed E-state index contributed by atoms with van der Waals surface area (Å²) in [5.41, 5.74) is 3.67. The maximum atomic E-state index is 5.81. The van der Waals surface area contributed by atoms with Crippen molar-refractivity contribution in [3.8, 4) is 16.9 Å². The summed E-state index contributed by atoms with van der Waals surface area (Å²) in [6.07, 6.45) is 9.02. The lowest BCUT2D eigenvalue weighted by molar-refractivity contribution is 0.342. The van der Waals surface area contributed by atoms with E-state index in [2.05, 4.69) is 25.4 Å². The second-order valence-electron chi connectivity index (χ2n) is 5.80. The summed E-state index contributed by atoms with van der Waals surface area (Å²) in [7, 11) is 1.90. The van der Waals surface area contributed by atoms with Gasteiger partial charge in [0.1, 0.15) is 5.75 Å². The average molecular weight is 346 g/mol. The average Bonchev–Trinajstić information content (AvgIpc) is 3.10. The van der Waals surface area contributed by atoms with Gasteiger partial charge < -0.3 is 10.1 Å². The number of aryl methyl sites for hydroxylation is 1. The van der Waals surface area contributed by atoms with E-state index >= 15 is 0 Å². The lowest BCUT2D eigenvalue weighted by atomic mass is 10.1. The Morgan fingerprint density at radius 1 is 1.12 bits per heavy atom. The van der Waals surface area contributed by atoms with Crippen molar-refractivity contribution in [3.63, 3.8) is 0 Å². The van der Waals surface area contributed by atoms with Gasteiger partial charge >= 0.3 is 0 Å². The fourth-order valence-corrected chi connectivity index (χ4v) is 2.70. The number of pyridine rings is 1. The molecule has 1 N–H and O–H groups in total. The fourth-order valence-electron chi connectivity index (χ4n) is 2.70. The van der Waals surface area contributed by atoms with E-state index in [-0.39, 0.29) is 0 Å². The highest BCUT2D eigenvalue weighted by Crippen LogP contribution is 2.32. The number of nitrogens with zero attached hydrogens (tertiary/aromatic N) is 5. The molecule has 3 heterocycles. The minimum Gasteiger partial charge on any atom is -0.492 e. The zero-order chi connectivity index (χ0) is 17.9. The highest BCUT2D eigenvalue weighted by Gasteiger charge is 2.10. The van der Waals surface area contributed by atoms with Crippen LogP contribution in [0.3, 0.4) is 0 Å². The second kappa shape index (κ2) is 6.79. The van der Waals surface area contributed by atoms with Crippen molar-refractivity contribution in [1.29, 1.82) is 0 Å². The van der Waals surface area contributed by atoms with Crippen molar-refractivity contribution >= 4 is 22.5 Å². The fraction of sp³-hybridized carbons (Fsp3) is 0.158. The van der Waals surface area contributed by atoms with Gasteiger partial charge in [0.25, 0.3) is 0 Å². The maximum Gasteiger partial charge on any atom is 0.227 e. The van der Waals surface area contributed by atoms with E-state index in [4.69, 9.17) is 4.74 Å². The Kier molecular flexibility index (Phi) is 4.18. The molecule has 0 aliphatic carbocycles. The van der Waals surface area contributed by atoms with Gasteiger partial charge in [0.05, 0.1) is 30.2 Å². The van der Waals surface area contributed by atoms with Gasteiger partial charge in [-0.1, -0.05) is 6.07 Å². The van der Waals surface area contributed by atoms with Crippen LogP contribution in [0.4, 0.5) is 11.6 Å². The van der Waals surface area contributed by atoms with Crippen LogP contribution < -0.4 is 10.1 Å². The number of fused-ring (bicyclic) bond motifs is 1. The molecule has 7 nitrogen and oxygen atoms in total. The van der Waals surface area contributed by atoms with Crippen LogP contribution in [-0.2, 0) is 7.05 Å². The molecule has 3 aromatic heterocycles. The summed E-state index contributed by atoms with van der Waals surface area (Å²) in [6.45, 7) is 2.52. The molecule has 4 rings (SSSR count). The second-order valence-corrected chi connectivity index (χ2v) is 5.80. The first-order valence-electron chi connectivity index (χ1n) is 8.32. The zero-order valence-corrected chi connectivity index (χ0v) is 14.5. The molecule has 0 radical (unpaired) electrons. The number of benzene rings is 1. The normalized spacial score (nSPS) is 10.8. The molecule has 0 aliphatic rings. The Bertz CT molecular complexity index is 1060. The molecular weight excluding hydrogens is 328 g/mol. The molecule has 0 aliphatic heterocycles. The largest absolute Gasteiger partial charge is 0.492 e. The number of hydrogen-bond acceptors (Lipinski definition) is 6. The van der Waals surface area contributed by atoms with Gasteiger partial charge in [0, 0.05) is 36.6 Å². The monoisotopic (exact) mass is 346 g/mol. The number of anilines is 2. The van der Waals surface area contributed by atoms with Gasteiger partial charge in [-0.05, 0) is 30.7 Å². The third kappa shape index (κ3) is 3.19. The van der Waals surface area contributed by atoms with E-state index in [9.17, 15) is 0 Å². The van der Waals surface area contributed by atoms with Crippen molar-refractivity contribution < 1.29 is 4.74 Å². The van der Waals surface area contributed by atoms with E-state index in [1.807, 2.05) is 50.6 Å². The molecule has 0 fully saturated rings. The van der Waals surface area contributed by atoms with Crippen molar-refractivity contribution in [1.82, 2.24) is 24.7 Å². The topological polar surface area (TPSA) is 77.8 Å². The number of rotatable bonds is 5. The summed E-state index contributed by atoms with van der Waals surface area (Å²) in [5, 5.41) is 8.41. The summed E-state index contributed by atoms with van der Waals surface area (Å²) >= 11 is 0. The molecule has 0 atom stereocenters. The Labute approximate surface area is 150 Å². The molecule has 130 valence electrons. The van der Waals surface area contributed by atoms with Crippen LogP contribution in [-0.4, -0.2) is 31.3 Å². The van der Waals surface area contributed by atoms with Gasteiger partial charge in [-0.25, -0.2) is 9.97 Å². The SMILES string of the molecule is CCOc1cc(-c2cnn(C)c2)ccc1Nc1ncc2ccncc2n1. The van der Waals surface area contributed by atoms with E-state index in [1.165, 1.54) is 0 Å². The van der Waals surface area contributed by atoms with Crippen molar-refractivity contribution in [2.45, 2.75) is 6.92 Å². The third-order valence-corrected chi connectivity index (χ3v) is 3.95. The summed E-state index contributed by atoms with van der Waals surface area (Å²) in [5.74, 6) is 1.24. The smallest absolute Gasteiger partial charge is 0.227 e. The molecular formula is C19H18N6O. The Balaban J connectivity index is 1.68. The molecule has 7 heteroatoms. The van der Waals surface area contributed by atoms with E-state index in [1.54, 1.807) is 23.3 Å². The summed E-state index contributed by atoms with van der Waals surface area (Å²) in [4.78, 5) is 13.0. The number of ether oxygens (including phenoxy) is 1. The highest BCUT2D eigenvalue weighted by molar-refractivity contribution is 5.78. The van der Waals surface area contributed by atoms with Crippen LogP contribution in [0.1, 0.15) is 6.92 Å². The molecule has 26 heavy (non-hydrogen) atoms. The highest BCUT2D eigenvalue weighted by atomic mass is 16.5. The van der Waals surface area contributed by atoms with E-state index in [0.717, 1.165) is 33.5 Å². The summed E-state index contributed by atoms with van der Waals surface area (Å²) < 4.78 is 7.58. The molecule has 4 aromatic rings. The maximum absolute atomic E-state index is 5.81. The molecule has 1 aromatic carbocycles. The van der Waals surface area contributed by atoms with Gasteiger partial charge in [0.15, 0.2) is 0 Å². The first kappa shape index (κ1) is 16.0. The van der Waals surface area contributed by atoms with Gasteiger partial charge in [-0.3, -0.25) is 9.67 Å². The quantitative estimate of drug-likeness (QED) is 0.595. The van der Waals surface area contributed by atoms with Crippen LogP contribution in [0.15, 0.2) is 55.2 Å². The first-order chi connectivity index (χ1) is 12.7. The summed E-state index contributed by atoms with van der Waals surface area (Å²) in [6, 6.07) is 7.85. The van der Waals surface area contributed by atoms with Gasteiger partial charge in [-0.15, -0.1) is 0 Å². The van der Waals surface area contributed by atoms with Crippen LogP contribution in [0, 0.1) is 0 Å². The van der Waals surface area contributed by atoms with Crippen molar-refractivity contribution in [2.24, 2.45) is 7.05 Å².